The van der Waals surface area contributed by atoms with E-state index >= 15 is 0 Å². The molecule has 0 aliphatic heterocycles. The minimum Gasteiger partial charge on any atom is -0.412 e. The van der Waals surface area contributed by atoms with E-state index in [9.17, 15) is 0 Å². The summed E-state index contributed by atoms with van der Waals surface area (Å²) in [4.78, 5) is 2.97. The smallest absolute Gasteiger partial charge is 0.412 e. The van der Waals surface area contributed by atoms with E-state index in [1.54, 1.807) is 0 Å². The van der Waals surface area contributed by atoms with Gasteiger partial charge in [0.25, 0.3) is 0 Å². The van der Waals surface area contributed by atoms with Gasteiger partial charge >= 0.3 is 8.80 Å². The van der Waals surface area contributed by atoms with Crippen LogP contribution in [0.4, 0.5) is 0 Å². The minimum atomic E-state index is -3.30. The van der Waals surface area contributed by atoms with Crippen molar-refractivity contribution in [2.45, 2.75) is 51.7 Å². The Morgan fingerprint density at radius 3 is 1.22 bits per heavy atom. The maximum atomic E-state index is 8.90. The maximum absolute atomic E-state index is 8.90. The molecule has 196 valence electrons. The summed E-state index contributed by atoms with van der Waals surface area (Å²) in [5.74, 6) is 0. The molecule has 0 aromatic heterocycles. The van der Waals surface area contributed by atoms with Gasteiger partial charge < -0.3 is 12.3 Å². The summed E-state index contributed by atoms with van der Waals surface area (Å²) in [5.41, 5.74) is 8.90. The quantitative estimate of drug-likeness (QED) is 0.0837. The zero-order valence-corrected chi connectivity index (χ0v) is 26.8. The fourth-order valence-electron chi connectivity index (χ4n) is 4.49. The summed E-state index contributed by atoms with van der Waals surface area (Å²) in [6.45, 7) is 13.7. The van der Waals surface area contributed by atoms with E-state index in [1.165, 1.54) is 15.6 Å². The van der Waals surface area contributed by atoms with Gasteiger partial charge in [0.15, 0.2) is 0 Å². The highest BCUT2D eigenvalue weighted by atomic mass is 28.5. The molecule has 6 nitrogen and oxygen atoms in total. The van der Waals surface area contributed by atoms with Crippen LogP contribution in [0.25, 0.3) is 10.4 Å². The lowest BCUT2D eigenvalue weighted by Gasteiger charge is -2.45. The molecule has 0 bridgehead atoms. The Bertz CT molecular complexity index is 1040. The molecule has 0 spiro atoms. The Kier molecular flexibility index (Phi) is 9.90. The van der Waals surface area contributed by atoms with Crippen molar-refractivity contribution in [1.29, 1.82) is 0 Å². The first-order valence-corrected chi connectivity index (χ1v) is 23.4. The Balaban J connectivity index is 2.11. The van der Waals surface area contributed by atoms with Crippen LogP contribution in [0.15, 0.2) is 96.1 Å². The Labute approximate surface area is 226 Å². The SMILES string of the molecule is C[Si](C)(O[Si](CCCN=[N+]=[N-])(O[Si](C)(C)c1ccccc1)O[Si](C)(C)c1ccccc1)c1ccccc1. The maximum Gasteiger partial charge on any atom is 0.470 e. The van der Waals surface area contributed by atoms with Gasteiger partial charge in [-0.25, -0.2) is 0 Å². The molecule has 0 saturated carbocycles. The van der Waals surface area contributed by atoms with E-state index in [0.717, 1.165) is 0 Å². The van der Waals surface area contributed by atoms with Crippen molar-refractivity contribution in [3.05, 3.63) is 101 Å². The molecule has 0 radical (unpaired) electrons. The third-order valence-electron chi connectivity index (χ3n) is 6.44. The molecule has 0 unspecified atom stereocenters. The second-order valence-corrected chi connectivity index (χ2v) is 25.8. The third kappa shape index (κ3) is 8.10. The van der Waals surface area contributed by atoms with Crippen LogP contribution in [-0.4, -0.2) is 40.3 Å². The van der Waals surface area contributed by atoms with Crippen molar-refractivity contribution < 1.29 is 12.3 Å². The zero-order chi connectivity index (χ0) is 27.0. The standard InChI is InChI=1S/C27H39N3O3Si4/c1-34(2,25-17-10-7-11-18-25)31-37(24-16-23-29-30-28,32-35(3,4)26-19-12-8-13-20-26)33-36(5,6)27-21-14-9-15-22-27/h7-15,17-22H,16,23-24H2,1-6H3. The average Bonchev–Trinajstić information content (AvgIpc) is 2.87. The predicted molar refractivity (Wildman–Crippen MR) is 163 cm³/mol. The van der Waals surface area contributed by atoms with Gasteiger partial charge in [-0.2, -0.15) is 0 Å². The van der Waals surface area contributed by atoms with Crippen molar-refractivity contribution >= 4 is 49.3 Å². The van der Waals surface area contributed by atoms with E-state index in [-0.39, 0.29) is 0 Å². The molecule has 3 aromatic carbocycles. The van der Waals surface area contributed by atoms with Gasteiger partial charge in [-0.3, -0.25) is 0 Å². The second kappa shape index (κ2) is 12.5. The van der Waals surface area contributed by atoms with Crippen LogP contribution in [0.5, 0.6) is 0 Å². The molecule has 0 amide bonds. The molecular weight excluding hydrogens is 527 g/mol. The predicted octanol–water partition coefficient (Wildman–Crippen LogP) is 6.01. The molecule has 10 heteroatoms. The van der Waals surface area contributed by atoms with Crippen LogP contribution >= 0.6 is 0 Å². The van der Waals surface area contributed by atoms with Crippen LogP contribution in [-0.2, 0) is 12.3 Å². The summed E-state index contributed by atoms with van der Waals surface area (Å²) in [7, 11) is -10.6. The summed E-state index contributed by atoms with van der Waals surface area (Å²) in [6.07, 6.45) is 0.647. The monoisotopic (exact) mass is 565 g/mol. The molecule has 0 aliphatic carbocycles. The number of azide groups is 1. The van der Waals surface area contributed by atoms with Gasteiger partial charge in [0.05, 0.1) is 0 Å². The highest BCUT2D eigenvalue weighted by Gasteiger charge is 2.53. The fraction of sp³-hybridized carbons (Fsp3) is 0.333. The summed E-state index contributed by atoms with van der Waals surface area (Å²) in [6, 6.07) is 31.9. The van der Waals surface area contributed by atoms with Crippen molar-refractivity contribution in [3.8, 4) is 0 Å². The Morgan fingerprint density at radius 1 is 0.595 bits per heavy atom. The van der Waals surface area contributed by atoms with Crippen molar-refractivity contribution in [2.24, 2.45) is 5.11 Å². The minimum absolute atomic E-state index is 0.384. The van der Waals surface area contributed by atoms with Crippen molar-refractivity contribution in [3.63, 3.8) is 0 Å². The van der Waals surface area contributed by atoms with E-state index < -0.39 is 33.8 Å². The van der Waals surface area contributed by atoms with Crippen molar-refractivity contribution in [1.82, 2.24) is 0 Å². The number of hydrogen-bond acceptors (Lipinski definition) is 4. The van der Waals surface area contributed by atoms with E-state index in [2.05, 4.69) is 122 Å². The topological polar surface area (TPSA) is 76.5 Å². The lowest BCUT2D eigenvalue weighted by molar-refractivity contribution is 0.255. The van der Waals surface area contributed by atoms with Crippen LogP contribution < -0.4 is 15.6 Å². The molecule has 0 aliphatic rings. The first-order chi connectivity index (χ1) is 17.5. The average molecular weight is 566 g/mol. The summed E-state index contributed by atoms with van der Waals surface area (Å²) >= 11 is 0. The number of benzene rings is 3. The largest absolute Gasteiger partial charge is 0.470 e. The van der Waals surface area contributed by atoms with Gasteiger partial charge in [-0.05, 0) is 66.8 Å². The van der Waals surface area contributed by atoms with Crippen molar-refractivity contribution in [2.75, 3.05) is 6.54 Å². The van der Waals surface area contributed by atoms with Gasteiger partial charge in [-0.15, -0.1) is 0 Å². The van der Waals surface area contributed by atoms with Gasteiger partial charge in [0.1, 0.15) is 0 Å². The van der Waals surface area contributed by atoms with Crippen LogP contribution in [0.2, 0.25) is 45.3 Å². The molecule has 37 heavy (non-hydrogen) atoms. The normalized spacial score (nSPS) is 12.7. The number of rotatable bonds is 13. The molecule has 0 N–H and O–H groups in total. The van der Waals surface area contributed by atoms with Crippen LogP contribution in [0, 0.1) is 0 Å². The van der Waals surface area contributed by atoms with Gasteiger partial charge in [-0.1, -0.05) is 96.1 Å². The van der Waals surface area contributed by atoms with Gasteiger partial charge in [0, 0.05) is 17.5 Å². The molecule has 0 saturated heterocycles. The van der Waals surface area contributed by atoms with E-state index in [4.69, 9.17) is 17.9 Å². The summed E-state index contributed by atoms with van der Waals surface area (Å²) in [5, 5.41) is 7.41. The Morgan fingerprint density at radius 2 is 0.919 bits per heavy atom. The zero-order valence-electron chi connectivity index (χ0n) is 22.8. The van der Waals surface area contributed by atoms with Crippen LogP contribution in [0.3, 0.4) is 0 Å². The number of nitrogens with zero attached hydrogens (tertiary/aromatic N) is 3. The fourth-order valence-corrected chi connectivity index (χ4v) is 21.7. The Hall–Kier alpha value is -2.28. The first-order valence-electron chi connectivity index (χ1n) is 12.8. The van der Waals surface area contributed by atoms with E-state index in [1.807, 2.05) is 18.2 Å². The lowest BCUT2D eigenvalue weighted by Crippen LogP contribution is -2.67. The van der Waals surface area contributed by atoms with Gasteiger partial charge in [0.2, 0.25) is 25.0 Å². The van der Waals surface area contributed by atoms with Crippen LogP contribution in [0.1, 0.15) is 6.42 Å². The molecule has 3 rings (SSSR count). The number of hydrogen-bond donors (Lipinski definition) is 0. The first kappa shape index (κ1) is 29.3. The molecule has 0 fully saturated rings. The van der Waals surface area contributed by atoms with E-state index in [0.29, 0.717) is 19.0 Å². The highest BCUT2D eigenvalue weighted by molar-refractivity contribution is 6.98. The molecule has 3 aromatic rings. The summed E-state index contributed by atoms with van der Waals surface area (Å²) < 4.78 is 21.8. The second-order valence-electron chi connectivity index (χ2n) is 10.7. The lowest BCUT2D eigenvalue weighted by atomic mass is 10.4. The third-order valence-corrected chi connectivity index (χ3v) is 22.4. The highest BCUT2D eigenvalue weighted by Crippen LogP contribution is 2.30. The molecule has 0 atom stereocenters. The molecule has 0 heterocycles. The molecular formula is C27H39N3O3Si4.